The molecule has 0 unspecified atom stereocenters. The Morgan fingerprint density at radius 1 is 1.04 bits per heavy atom. The predicted molar refractivity (Wildman–Crippen MR) is 99.4 cm³/mol. The van der Waals surface area contributed by atoms with Gasteiger partial charge in [0.05, 0.1) is 0 Å². The van der Waals surface area contributed by atoms with E-state index in [-0.39, 0.29) is 12.5 Å². The molecule has 1 aromatic carbocycles. The minimum Gasteiger partial charge on any atom is -0.368 e. The summed E-state index contributed by atoms with van der Waals surface area (Å²) in [6.07, 6.45) is 0.554. The SMILES string of the molecule is CCCN1C(=O)C(=O)N(CC(=O)N2CCN(c3cccc(Cl)c3)CC2)C1=O. The number of carbonyl (C=O) groups excluding carboxylic acids is 4. The zero-order chi connectivity index (χ0) is 19.6. The van der Waals surface area contributed by atoms with Crippen LogP contribution in [0.3, 0.4) is 0 Å². The van der Waals surface area contributed by atoms with Crippen LogP contribution in [0.25, 0.3) is 0 Å². The van der Waals surface area contributed by atoms with Crippen LogP contribution >= 0.6 is 11.6 Å². The van der Waals surface area contributed by atoms with Gasteiger partial charge in [0.25, 0.3) is 0 Å². The standard InChI is InChI=1S/C18H21ClN4O4/c1-2-6-22-16(25)17(26)23(18(22)27)12-15(24)21-9-7-20(8-10-21)14-5-3-4-13(19)11-14/h3-5,11H,2,6-10,12H2,1H3. The third kappa shape index (κ3) is 3.90. The van der Waals surface area contributed by atoms with Crippen molar-refractivity contribution in [2.24, 2.45) is 0 Å². The maximum absolute atomic E-state index is 12.5. The number of piperazine rings is 1. The lowest BCUT2D eigenvalue weighted by atomic mass is 10.2. The number of imide groups is 2. The molecule has 2 aliphatic rings. The second-order valence-corrected chi connectivity index (χ2v) is 6.91. The van der Waals surface area contributed by atoms with Crippen molar-refractivity contribution in [3.8, 4) is 0 Å². The molecule has 144 valence electrons. The van der Waals surface area contributed by atoms with Crippen LogP contribution in [0.1, 0.15) is 13.3 Å². The molecule has 8 nitrogen and oxygen atoms in total. The van der Waals surface area contributed by atoms with Crippen LogP contribution in [0.5, 0.6) is 0 Å². The molecule has 0 N–H and O–H groups in total. The fourth-order valence-electron chi connectivity index (χ4n) is 3.23. The molecule has 9 heteroatoms. The summed E-state index contributed by atoms with van der Waals surface area (Å²) in [6.45, 7) is 3.75. The molecule has 0 saturated carbocycles. The molecule has 0 atom stereocenters. The van der Waals surface area contributed by atoms with E-state index in [1.54, 1.807) is 17.9 Å². The molecule has 2 aliphatic heterocycles. The maximum Gasteiger partial charge on any atom is 0.334 e. The largest absolute Gasteiger partial charge is 0.368 e. The number of anilines is 1. The number of amides is 5. The highest BCUT2D eigenvalue weighted by Gasteiger charge is 2.45. The number of halogens is 1. The smallest absolute Gasteiger partial charge is 0.334 e. The Morgan fingerprint density at radius 2 is 1.70 bits per heavy atom. The number of hydrogen-bond donors (Lipinski definition) is 0. The Labute approximate surface area is 162 Å². The van der Waals surface area contributed by atoms with Crippen LogP contribution in [-0.4, -0.2) is 77.7 Å². The Hall–Kier alpha value is -2.61. The van der Waals surface area contributed by atoms with Crippen LogP contribution in [0.4, 0.5) is 10.5 Å². The van der Waals surface area contributed by atoms with Crippen LogP contribution in [0.2, 0.25) is 5.02 Å². The molecular formula is C18H21ClN4O4. The summed E-state index contributed by atoms with van der Waals surface area (Å²) in [5.41, 5.74) is 0.986. The van der Waals surface area contributed by atoms with Gasteiger partial charge in [0.2, 0.25) is 5.91 Å². The van der Waals surface area contributed by atoms with Crippen LogP contribution in [-0.2, 0) is 14.4 Å². The molecule has 1 aromatic rings. The van der Waals surface area contributed by atoms with Gasteiger partial charge in [-0.15, -0.1) is 0 Å². The fourth-order valence-corrected chi connectivity index (χ4v) is 3.42. The molecule has 3 rings (SSSR count). The van der Waals surface area contributed by atoms with Gasteiger partial charge < -0.3 is 9.80 Å². The minimum absolute atomic E-state index is 0.173. The van der Waals surface area contributed by atoms with Gasteiger partial charge in [-0.3, -0.25) is 19.3 Å². The lowest BCUT2D eigenvalue weighted by Gasteiger charge is -2.36. The third-order valence-corrected chi connectivity index (χ3v) is 4.92. The highest BCUT2D eigenvalue weighted by molar-refractivity contribution is 6.45. The van der Waals surface area contributed by atoms with Gasteiger partial charge in [0, 0.05) is 43.4 Å². The first kappa shape index (κ1) is 19.2. The summed E-state index contributed by atoms with van der Waals surface area (Å²) in [5, 5.41) is 0.651. The van der Waals surface area contributed by atoms with Crippen molar-refractivity contribution in [3.05, 3.63) is 29.3 Å². The number of carbonyl (C=O) groups is 4. The Balaban J connectivity index is 1.58. The number of rotatable bonds is 5. The number of benzene rings is 1. The highest BCUT2D eigenvalue weighted by atomic mass is 35.5. The lowest BCUT2D eigenvalue weighted by Crippen LogP contribution is -2.52. The Kier molecular flexibility index (Phi) is 5.65. The van der Waals surface area contributed by atoms with Gasteiger partial charge in [-0.2, -0.15) is 0 Å². The average molecular weight is 393 g/mol. The van der Waals surface area contributed by atoms with Gasteiger partial charge in [-0.05, 0) is 24.6 Å². The van der Waals surface area contributed by atoms with E-state index in [0.29, 0.717) is 37.6 Å². The van der Waals surface area contributed by atoms with Crippen LogP contribution in [0.15, 0.2) is 24.3 Å². The van der Waals surface area contributed by atoms with E-state index in [1.807, 2.05) is 18.2 Å². The zero-order valence-electron chi connectivity index (χ0n) is 15.1. The molecule has 0 spiro atoms. The van der Waals surface area contributed by atoms with E-state index < -0.39 is 24.4 Å². The molecule has 0 bridgehead atoms. The highest BCUT2D eigenvalue weighted by Crippen LogP contribution is 2.21. The van der Waals surface area contributed by atoms with E-state index in [9.17, 15) is 19.2 Å². The monoisotopic (exact) mass is 392 g/mol. The summed E-state index contributed by atoms with van der Waals surface area (Å²) in [4.78, 5) is 54.0. The number of nitrogens with zero attached hydrogens (tertiary/aromatic N) is 4. The predicted octanol–water partition coefficient (Wildman–Crippen LogP) is 1.19. The maximum atomic E-state index is 12.5. The summed E-state index contributed by atoms with van der Waals surface area (Å²) in [7, 11) is 0. The van der Waals surface area contributed by atoms with Crippen LogP contribution in [0, 0.1) is 0 Å². The number of urea groups is 1. The van der Waals surface area contributed by atoms with Crippen molar-refractivity contribution in [1.29, 1.82) is 0 Å². The van der Waals surface area contributed by atoms with Crippen molar-refractivity contribution >= 4 is 41.0 Å². The van der Waals surface area contributed by atoms with Crippen molar-refractivity contribution in [1.82, 2.24) is 14.7 Å². The molecular weight excluding hydrogens is 372 g/mol. The molecule has 2 saturated heterocycles. The molecule has 0 aromatic heterocycles. The first-order valence-electron chi connectivity index (χ1n) is 8.88. The van der Waals surface area contributed by atoms with Crippen molar-refractivity contribution in [2.75, 3.05) is 44.2 Å². The molecule has 27 heavy (non-hydrogen) atoms. The van der Waals surface area contributed by atoms with Gasteiger partial charge >= 0.3 is 17.8 Å². The molecule has 2 fully saturated rings. The fraction of sp³-hybridized carbons (Fsp3) is 0.444. The molecule has 2 heterocycles. The molecule has 0 radical (unpaired) electrons. The zero-order valence-corrected chi connectivity index (χ0v) is 15.8. The van der Waals surface area contributed by atoms with Crippen molar-refractivity contribution in [3.63, 3.8) is 0 Å². The minimum atomic E-state index is -0.931. The van der Waals surface area contributed by atoms with E-state index in [0.717, 1.165) is 15.5 Å². The van der Waals surface area contributed by atoms with Crippen molar-refractivity contribution < 1.29 is 19.2 Å². The quantitative estimate of drug-likeness (QED) is 0.555. The second-order valence-electron chi connectivity index (χ2n) is 6.48. The molecule has 5 amide bonds. The molecule has 0 aliphatic carbocycles. The normalized spacial score (nSPS) is 17.9. The first-order chi connectivity index (χ1) is 12.9. The summed E-state index contributed by atoms with van der Waals surface area (Å²) < 4.78 is 0. The third-order valence-electron chi connectivity index (χ3n) is 4.68. The second kappa shape index (κ2) is 7.96. The van der Waals surface area contributed by atoms with Crippen LogP contribution < -0.4 is 4.90 Å². The van der Waals surface area contributed by atoms with E-state index in [4.69, 9.17) is 11.6 Å². The van der Waals surface area contributed by atoms with E-state index >= 15 is 0 Å². The van der Waals surface area contributed by atoms with Gasteiger partial charge in [-0.25, -0.2) is 9.69 Å². The Morgan fingerprint density at radius 3 is 2.33 bits per heavy atom. The van der Waals surface area contributed by atoms with Gasteiger partial charge in [0.15, 0.2) is 0 Å². The van der Waals surface area contributed by atoms with E-state index in [2.05, 4.69) is 4.90 Å². The number of hydrogen-bond acceptors (Lipinski definition) is 5. The lowest BCUT2D eigenvalue weighted by molar-refractivity contribution is -0.145. The first-order valence-corrected chi connectivity index (χ1v) is 9.25. The summed E-state index contributed by atoms with van der Waals surface area (Å²) in [6, 6.07) is 6.79. The van der Waals surface area contributed by atoms with Gasteiger partial charge in [-0.1, -0.05) is 24.6 Å². The van der Waals surface area contributed by atoms with Crippen molar-refractivity contribution in [2.45, 2.75) is 13.3 Å². The topological polar surface area (TPSA) is 81.2 Å². The average Bonchev–Trinajstić information content (AvgIpc) is 2.86. The Bertz CT molecular complexity index is 776. The summed E-state index contributed by atoms with van der Waals surface area (Å²) in [5.74, 6) is -2.13. The summed E-state index contributed by atoms with van der Waals surface area (Å²) >= 11 is 6.02. The van der Waals surface area contributed by atoms with Gasteiger partial charge in [0.1, 0.15) is 6.54 Å². The van der Waals surface area contributed by atoms with E-state index in [1.165, 1.54) is 0 Å².